The van der Waals surface area contributed by atoms with Gasteiger partial charge < -0.3 is 10.1 Å². The molecule has 0 bridgehead atoms. The monoisotopic (exact) mass is 443 g/mol. The van der Waals surface area contributed by atoms with Crippen LogP contribution in [0.15, 0.2) is 52.6 Å². The van der Waals surface area contributed by atoms with Crippen molar-refractivity contribution < 1.29 is 4.92 Å². The minimum Gasteiger partial charge on any atom is -0.358 e. The Kier molecular flexibility index (Phi) is 10.0. The normalized spacial score (nSPS) is 11.5. The molecule has 9 heteroatoms. The van der Waals surface area contributed by atoms with Crippen LogP contribution in [0, 0.1) is 10.1 Å². The van der Waals surface area contributed by atoms with Crippen LogP contribution in [0.1, 0.15) is 41.5 Å². The Hall–Kier alpha value is -0.900. The van der Waals surface area contributed by atoms with Crippen LogP contribution >= 0.6 is 43.2 Å². The molecule has 0 aromatic carbocycles. The molecule has 0 atom stereocenters. The Morgan fingerprint density at radius 3 is 1.81 bits per heavy atom. The number of nitrogens with zero attached hydrogens (tertiary/aromatic N) is 3. The molecule has 0 aliphatic rings. The number of hydrogen-bond acceptors (Lipinski definition) is 8. The third kappa shape index (κ3) is 12.2. The molecule has 0 saturated heterocycles. The highest BCUT2D eigenvalue weighted by atomic mass is 33.1. The van der Waals surface area contributed by atoms with Gasteiger partial charge in [0.2, 0.25) is 0 Å². The summed E-state index contributed by atoms with van der Waals surface area (Å²) in [6, 6.07) is 7.18. The first kappa shape index (κ1) is 24.1. The van der Waals surface area contributed by atoms with Crippen molar-refractivity contribution in [1.82, 2.24) is 9.97 Å². The van der Waals surface area contributed by atoms with Gasteiger partial charge >= 0.3 is 5.82 Å². The fourth-order valence-electron chi connectivity index (χ4n) is 1.27. The van der Waals surface area contributed by atoms with Crippen molar-refractivity contribution >= 4 is 49.0 Å². The van der Waals surface area contributed by atoms with Crippen molar-refractivity contribution in [2.45, 2.75) is 60.8 Å². The molecule has 0 aliphatic carbocycles. The van der Waals surface area contributed by atoms with Gasteiger partial charge in [-0.05, 0) is 28.1 Å². The molecular formula is C18H25N3O2S4. The van der Waals surface area contributed by atoms with E-state index in [9.17, 15) is 10.1 Å². The fourth-order valence-corrected chi connectivity index (χ4v) is 5.09. The van der Waals surface area contributed by atoms with E-state index in [1.165, 1.54) is 17.2 Å². The average molecular weight is 444 g/mol. The van der Waals surface area contributed by atoms with Gasteiger partial charge in [-0.2, -0.15) is 0 Å². The molecule has 0 unspecified atom stereocenters. The Labute approximate surface area is 177 Å². The highest BCUT2D eigenvalue weighted by Gasteiger charge is 2.13. The zero-order chi connectivity index (χ0) is 20.5. The second-order valence-corrected chi connectivity index (χ2v) is 13.4. The number of pyridine rings is 2. The maximum absolute atomic E-state index is 10.4. The predicted octanol–water partition coefficient (Wildman–Crippen LogP) is 7.15. The summed E-state index contributed by atoms with van der Waals surface area (Å²) in [7, 11) is 6.93. The van der Waals surface area contributed by atoms with Crippen molar-refractivity contribution in [3.8, 4) is 0 Å². The predicted molar refractivity (Wildman–Crippen MR) is 122 cm³/mol. The first-order valence-corrected chi connectivity index (χ1v) is 12.5. The van der Waals surface area contributed by atoms with Crippen LogP contribution < -0.4 is 0 Å². The molecular weight excluding hydrogens is 418 g/mol. The van der Waals surface area contributed by atoms with Gasteiger partial charge in [-0.15, -0.1) is 0 Å². The van der Waals surface area contributed by atoms with E-state index in [1.807, 2.05) is 23.1 Å². The van der Waals surface area contributed by atoms with E-state index in [0.29, 0.717) is 4.75 Å². The molecule has 0 spiro atoms. The van der Waals surface area contributed by atoms with E-state index in [0.717, 1.165) is 4.90 Å². The van der Waals surface area contributed by atoms with Crippen LogP contribution in [0.4, 0.5) is 5.82 Å². The molecule has 5 nitrogen and oxygen atoms in total. The molecule has 0 N–H and O–H groups in total. The molecule has 2 heterocycles. The molecule has 2 rings (SSSR count). The number of rotatable bonds is 5. The summed E-state index contributed by atoms with van der Waals surface area (Å²) < 4.78 is 0.465. The number of hydrogen-bond donors (Lipinski definition) is 0. The molecule has 2 aromatic heterocycles. The Balaban J connectivity index is 0.000000277. The van der Waals surface area contributed by atoms with Crippen LogP contribution in [0.25, 0.3) is 0 Å². The van der Waals surface area contributed by atoms with Gasteiger partial charge in [-0.1, -0.05) is 84.7 Å². The van der Waals surface area contributed by atoms with E-state index >= 15 is 0 Å². The number of aromatic nitrogens is 2. The van der Waals surface area contributed by atoms with E-state index in [1.54, 1.807) is 44.6 Å². The molecule has 0 radical (unpaired) electrons. The maximum Gasteiger partial charge on any atom is 0.363 e. The largest absolute Gasteiger partial charge is 0.363 e. The SMILES string of the molecule is CC(C)(C)SSc1ccc([N+](=O)[O-])nc1.CC(C)(C)SSc1cccnc1. The second kappa shape index (κ2) is 11.2. The summed E-state index contributed by atoms with van der Waals surface area (Å²) in [5.41, 5.74) is 0. The lowest BCUT2D eigenvalue weighted by Crippen LogP contribution is -2.04. The molecule has 0 saturated carbocycles. The van der Waals surface area contributed by atoms with Crippen molar-refractivity contribution in [2.75, 3.05) is 0 Å². The first-order chi connectivity index (χ1) is 12.5. The lowest BCUT2D eigenvalue weighted by Gasteiger charge is -2.15. The van der Waals surface area contributed by atoms with Gasteiger partial charge in [0.25, 0.3) is 0 Å². The third-order valence-electron chi connectivity index (χ3n) is 2.32. The standard InChI is InChI=1S/C9H12N2O2S2.C9H13NS2/c1-9(2,3)15-14-7-4-5-8(10-6-7)11(12)13;1-9(2,3)12-11-8-5-4-6-10-7-8/h4-6H,1-3H3;4-7H,1-3H3. The lowest BCUT2D eigenvalue weighted by molar-refractivity contribution is -0.389. The van der Waals surface area contributed by atoms with Crippen LogP contribution in [0.5, 0.6) is 0 Å². The molecule has 148 valence electrons. The van der Waals surface area contributed by atoms with E-state index < -0.39 is 4.92 Å². The topological polar surface area (TPSA) is 68.9 Å². The van der Waals surface area contributed by atoms with Gasteiger partial charge in [0.1, 0.15) is 0 Å². The van der Waals surface area contributed by atoms with E-state index in [4.69, 9.17) is 0 Å². The van der Waals surface area contributed by atoms with Gasteiger partial charge in [0.15, 0.2) is 6.20 Å². The molecule has 0 amide bonds. The molecule has 27 heavy (non-hydrogen) atoms. The highest BCUT2D eigenvalue weighted by Crippen LogP contribution is 2.40. The van der Waals surface area contributed by atoms with Gasteiger partial charge in [-0.25, -0.2) is 0 Å². The third-order valence-corrected chi connectivity index (χ3v) is 9.01. The van der Waals surface area contributed by atoms with Crippen LogP contribution in [-0.2, 0) is 0 Å². The lowest BCUT2D eigenvalue weighted by atomic mass is 10.3. The Morgan fingerprint density at radius 2 is 1.44 bits per heavy atom. The smallest absolute Gasteiger partial charge is 0.358 e. The van der Waals surface area contributed by atoms with E-state index in [2.05, 4.69) is 57.6 Å². The van der Waals surface area contributed by atoms with Crippen molar-refractivity contribution in [3.05, 3.63) is 53.0 Å². The summed E-state index contributed by atoms with van der Waals surface area (Å²) >= 11 is 0. The molecule has 0 aliphatic heterocycles. The summed E-state index contributed by atoms with van der Waals surface area (Å²) in [4.78, 5) is 19.8. The summed E-state index contributed by atoms with van der Waals surface area (Å²) in [5.74, 6) is -0.111. The number of nitro groups is 1. The summed E-state index contributed by atoms with van der Waals surface area (Å²) in [6.45, 7) is 13.0. The average Bonchev–Trinajstić information content (AvgIpc) is 2.59. The molecule has 2 aromatic rings. The second-order valence-electron chi connectivity index (χ2n) is 7.36. The van der Waals surface area contributed by atoms with Crippen molar-refractivity contribution in [2.24, 2.45) is 0 Å². The van der Waals surface area contributed by atoms with Crippen molar-refractivity contribution in [3.63, 3.8) is 0 Å². The zero-order valence-corrected chi connectivity index (χ0v) is 19.6. The van der Waals surface area contributed by atoms with Crippen LogP contribution in [-0.4, -0.2) is 24.4 Å². The summed E-state index contributed by atoms with van der Waals surface area (Å²) in [6.07, 6.45) is 5.22. The van der Waals surface area contributed by atoms with Crippen molar-refractivity contribution in [1.29, 1.82) is 0 Å². The van der Waals surface area contributed by atoms with Gasteiger partial charge in [0.05, 0.1) is 4.90 Å². The fraction of sp³-hybridized carbons (Fsp3) is 0.444. The Bertz CT molecular complexity index is 699. The quantitative estimate of drug-likeness (QED) is 0.274. The van der Waals surface area contributed by atoms with Crippen LogP contribution in [0.3, 0.4) is 0 Å². The van der Waals surface area contributed by atoms with Crippen LogP contribution in [0.2, 0.25) is 0 Å². The highest BCUT2D eigenvalue weighted by molar-refractivity contribution is 8.77. The van der Waals surface area contributed by atoms with Gasteiger partial charge in [0, 0.05) is 32.8 Å². The van der Waals surface area contributed by atoms with E-state index in [-0.39, 0.29) is 10.6 Å². The minimum absolute atomic E-state index is 0.111. The minimum atomic E-state index is -0.495. The zero-order valence-electron chi connectivity index (χ0n) is 16.3. The molecule has 0 fully saturated rings. The maximum atomic E-state index is 10.4. The summed E-state index contributed by atoms with van der Waals surface area (Å²) in [5, 5.41) is 10.4. The first-order valence-electron chi connectivity index (χ1n) is 8.18. The van der Waals surface area contributed by atoms with Gasteiger partial charge in [-0.3, -0.25) is 4.98 Å². The Morgan fingerprint density at radius 1 is 0.889 bits per heavy atom.